The molecule has 0 atom stereocenters. The zero-order valence-electron chi connectivity index (χ0n) is 19.2. The molecule has 0 aliphatic heterocycles. The van der Waals surface area contributed by atoms with Crippen molar-refractivity contribution in [1.82, 2.24) is 24.5 Å². The maximum absolute atomic E-state index is 12.6. The summed E-state index contributed by atoms with van der Waals surface area (Å²) in [4.78, 5) is 12.6. The number of methoxy groups -OCH3 is 1. The molecule has 9 nitrogen and oxygen atoms in total. The van der Waals surface area contributed by atoms with Gasteiger partial charge >= 0.3 is 0 Å². The Balaban J connectivity index is 1.80. The molecule has 0 unspecified atom stereocenters. The first-order chi connectivity index (χ1) is 15.5. The van der Waals surface area contributed by atoms with Crippen molar-refractivity contribution in [2.45, 2.75) is 45.9 Å². The topological polar surface area (TPSA) is 96.1 Å². The van der Waals surface area contributed by atoms with Crippen LogP contribution in [0.4, 0.5) is 5.69 Å². The van der Waals surface area contributed by atoms with E-state index in [-0.39, 0.29) is 11.7 Å². The van der Waals surface area contributed by atoms with Gasteiger partial charge in [0.05, 0.1) is 25.5 Å². The lowest BCUT2D eigenvalue weighted by Crippen LogP contribution is -2.16. The minimum absolute atomic E-state index is 0.0969. The van der Waals surface area contributed by atoms with Crippen molar-refractivity contribution >= 4 is 23.4 Å². The fraction of sp³-hybridized carbons (Fsp3) is 0.455. The highest BCUT2D eigenvalue weighted by Crippen LogP contribution is 2.30. The fourth-order valence-corrected chi connectivity index (χ4v) is 3.89. The molecule has 0 saturated carbocycles. The molecule has 3 rings (SSSR count). The number of anilines is 1. The SMILES string of the molecule is CCOc1nn(CC)cc1-c1nnc(SCC(=O)Nc2cc(C)ccc2C)n1CCOC. The molecule has 0 fully saturated rings. The standard InChI is InChI=1S/C22H30N6O3S/c1-6-27-13-17(21(26-27)31-7-2)20-24-25-22(28(20)10-11-30-5)32-14-19(29)23-18-12-15(3)8-9-16(18)4/h8-9,12-13H,6-7,10-11,14H2,1-5H3,(H,23,29). The van der Waals surface area contributed by atoms with Crippen molar-refractivity contribution in [3.8, 4) is 17.3 Å². The number of benzene rings is 1. The average molecular weight is 459 g/mol. The Hall–Kier alpha value is -2.85. The molecule has 172 valence electrons. The van der Waals surface area contributed by atoms with Crippen LogP contribution in [0.5, 0.6) is 5.88 Å². The second-order valence-electron chi connectivity index (χ2n) is 7.24. The van der Waals surface area contributed by atoms with Crippen molar-refractivity contribution in [1.29, 1.82) is 0 Å². The van der Waals surface area contributed by atoms with E-state index < -0.39 is 0 Å². The Morgan fingerprint density at radius 2 is 2.03 bits per heavy atom. The molecule has 2 aromatic heterocycles. The largest absolute Gasteiger partial charge is 0.476 e. The molecule has 10 heteroatoms. The van der Waals surface area contributed by atoms with E-state index in [1.54, 1.807) is 11.8 Å². The zero-order chi connectivity index (χ0) is 23.1. The van der Waals surface area contributed by atoms with Gasteiger partial charge in [-0.15, -0.1) is 15.3 Å². The molecule has 32 heavy (non-hydrogen) atoms. The predicted molar refractivity (Wildman–Crippen MR) is 125 cm³/mol. The fourth-order valence-electron chi connectivity index (χ4n) is 3.13. The molecule has 1 amide bonds. The number of aromatic nitrogens is 5. The monoisotopic (exact) mass is 458 g/mol. The van der Waals surface area contributed by atoms with Crippen LogP contribution in [-0.4, -0.2) is 56.5 Å². The molecule has 2 heterocycles. The van der Waals surface area contributed by atoms with E-state index in [4.69, 9.17) is 9.47 Å². The molecular formula is C22H30N6O3S. The first-order valence-corrected chi connectivity index (χ1v) is 11.6. The van der Waals surface area contributed by atoms with Crippen molar-refractivity contribution in [3.63, 3.8) is 0 Å². The van der Waals surface area contributed by atoms with Crippen LogP contribution in [0.1, 0.15) is 25.0 Å². The molecule has 3 aromatic rings. The summed E-state index contributed by atoms with van der Waals surface area (Å²) >= 11 is 1.34. The molecule has 0 saturated heterocycles. The van der Waals surface area contributed by atoms with E-state index in [9.17, 15) is 4.79 Å². The number of hydrogen-bond acceptors (Lipinski definition) is 7. The maximum Gasteiger partial charge on any atom is 0.243 e. The summed E-state index contributed by atoms with van der Waals surface area (Å²) in [6, 6.07) is 5.99. The van der Waals surface area contributed by atoms with Gasteiger partial charge in [-0.1, -0.05) is 23.9 Å². The molecule has 0 radical (unpaired) electrons. The Kier molecular flexibility index (Phi) is 8.29. The highest BCUT2D eigenvalue weighted by molar-refractivity contribution is 7.99. The predicted octanol–water partition coefficient (Wildman–Crippen LogP) is 3.55. The quantitative estimate of drug-likeness (QED) is 0.439. The Morgan fingerprint density at radius 3 is 2.75 bits per heavy atom. The minimum atomic E-state index is -0.0969. The van der Waals surface area contributed by atoms with E-state index >= 15 is 0 Å². The lowest BCUT2D eigenvalue weighted by atomic mass is 10.1. The van der Waals surface area contributed by atoms with E-state index in [1.807, 2.05) is 56.7 Å². The van der Waals surface area contributed by atoms with Crippen molar-refractivity contribution in [3.05, 3.63) is 35.5 Å². The first kappa shape index (κ1) is 23.8. The van der Waals surface area contributed by atoms with Gasteiger partial charge in [0.15, 0.2) is 11.0 Å². The van der Waals surface area contributed by atoms with Crippen LogP contribution in [0, 0.1) is 13.8 Å². The lowest BCUT2D eigenvalue weighted by Gasteiger charge is -2.11. The Bertz CT molecular complexity index is 1060. The van der Waals surface area contributed by atoms with Crippen LogP contribution in [0.3, 0.4) is 0 Å². The summed E-state index contributed by atoms with van der Waals surface area (Å²) in [6.07, 6.45) is 1.90. The van der Waals surface area contributed by atoms with Gasteiger partial charge in [-0.25, -0.2) is 0 Å². The summed E-state index contributed by atoms with van der Waals surface area (Å²) < 4.78 is 14.7. The van der Waals surface area contributed by atoms with E-state index in [1.165, 1.54) is 11.8 Å². The van der Waals surface area contributed by atoms with E-state index in [0.717, 1.165) is 22.4 Å². The van der Waals surface area contributed by atoms with Gasteiger partial charge < -0.3 is 14.8 Å². The van der Waals surface area contributed by atoms with Crippen LogP contribution < -0.4 is 10.1 Å². The summed E-state index contributed by atoms with van der Waals surface area (Å²) in [6.45, 7) is 10.1. The maximum atomic E-state index is 12.6. The van der Waals surface area contributed by atoms with E-state index in [0.29, 0.717) is 43.2 Å². The molecule has 1 aromatic carbocycles. The first-order valence-electron chi connectivity index (χ1n) is 10.6. The lowest BCUT2D eigenvalue weighted by molar-refractivity contribution is -0.113. The zero-order valence-corrected chi connectivity index (χ0v) is 20.0. The normalized spacial score (nSPS) is 11.0. The number of nitrogens with one attached hydrogen (secondary N) is 1. The van der Waals surface area contributed by atoms with E-state index in [2.05, 4.69) is 20.6 Å². The highest BCUT2D eigenvalue weighted by Gasteiger charge is 2.21. The summed E-state index contributed by atoms with van der Waals surface area (Å²) in [5.74, 6) is 1.28. The van der Waals surface area contributed by atoms with Crippen molar-refractivity contribution < 1.29 is 14.3 Å². The Labute approximate surface area is 192 Å². The Morgan fingerprint density at radius 1 is 1.22 bits per heavy atom. The third-order valence-electron chi connectivity index (χ3n) is 4.81. The van der Waals surface area contributed by atoms with Gasteiger partial charge in [0.25, 0.3) is 0 Å². The number of aryl methyl sites for hydroxylation is 3. The number of carbonyl (C=O) groups excluding carboxylic acids is 1. The summed E-state index contributed by atoms with van der Waals surface area (Å²) in [5.41, 5.74) is 3.71. The second kappa shape index (κ2) is 11.1. The van der Waals surface area contributed by atoms with Crippen LogP contribution >= 0.6 is 11.8 Å². The number of amides is 1. The average Bonchev–Trinajstić information content (AvgIpc) is 3.37. The van der Waals surface area contributed by atoms with Crippen molar-refractivity contribution in [2.75, 3.05) is 31.4 Å². The smallest absolute Gasteiger partial charge is 0.243 e. The van der Waals surface area contributed by atoms with Gasteiger partial charge in [-0.2, -0.15) is 0 Å². The van der Waals surface area contributed by atoms with Gasteiger partial charge in [-0.3, -0.25) is 14.0 Å². The number of carbonyl (C=O) groups is 1. The molecule has 0 aliphatic rings. The summed E-state index contributed by atoms with van der Waals surface area (Å²) in [7, 11) is 1.65. The van der Waals surface area contributed by atoms with Gasteiger partial charge in [0, 0.05) is 25.5 Å². The number of hydrogen-bond donors (Lipinski definition) is 1. The van der Waals surface area contributed by atoms with Gasteiger partial charge in [-0.05, 0) is 44.9 Å². The van der Waals surface area contributed by atoms with Crippen LogP contribution in [0.25, 0.3) is 11.4 Å². The molecular weight excluding hydrogens is 428 g/mol. The molecule has 0 bridgehead atoms. The molecule has 1 N–H and O–H groups in total. The van der Waals surface area contributed by atoms with Gasteiger partial charge in [0.1, 0.15) is 5.56 Å². The number of rotatable bonds is 11. The molecule has 0 spiro atoms. The van der Waals surface area contributed by atoms with Crippen molar-refractivity contribution in [2.24, 2.45) is 0 Å². The van der Waals surface area contributed by atoms with Crippen LogP contribution in [0.15, 0.2) is 29.6 Å². The third-order valence-corrected chi connectivity index (χ3v) is 5.78. The third kappa shape index (κ3) is 5.68. The summed E-state index contributed by atoms with van der Waals surface area (Å²) in [5, 5.41) is 16.8. The number of thioether (sulfide) groups is 1. The number of ether oxygens (including phenoxy) is 2. The number of nitrogens with zero attached hydrogens (tertiary/aromatic N) is 5. The molecule has 0 aliphatic carbocycles. The highest BCUT2D eigenvalue weighted by atomic mass is 32.2. The van der Waals surface area contributed by atoms with Gasteiger partial charge in [0.2, 0.25) is 11.8 Å². The minimum Gasteiger partial charge on any atom is -0.476 e. The van der Waals surface area contributed by atoms with Crippen LogP contribution in [0.2, 0.25) is 0 Å². The van der Waals surface area contributed by atoms with Crippen LogP contribution in [-0.2, 0) is 22.6 Å². The second-order valence-corrected chi connectivity index (χ2v) is 8.18.